The van der Waals surface area contributed by atoms with Gasteiger partial charge in [-0.15, -0.1) is 0 Å². The summed E-state index contributed by atoms with van der Waals surface area (Å²) in [4.78, 5) is 55.3. The fourth-order valence-electron chi connectivity index (χ4n) is 4.96. The molecular formula is C33H37N3O9. The number of nitro benzene ring substituents is 1. The van der Waals surface area contributed by atoms with Crippen molar-refractivity contribution in [1.29, 1.82) is 0 Å². The number of carbonyl (C=O) groups excluding carboxylic acids is 3. The molecule has 2 amide bonds. The number of carboxylic acid groups (broad SMARTS) is 1. The highest BCUT2D eigenvalue weighted by Gasteiger charge is 2.28. The first-order chi connectivity index (χ1) is 21.5. The van der Waals surface area contributed by atoms with Gasteiger partial charge >= 0.3 is 18.0 Å². The minimum absolute atomic E-state index is 0.0833. The molecule has 0 aliphatic heterocycles. The van der Waals surface area contributed by atoms with Gasteiger partial charge in [0.05, 0.1) is 16.9 Å². The number of nitro groups is 1. The molecule has 1 unspecified atom stereocenters. The maximum Gasteiger partial charge on any atom is 0.404 e. The van der Waals surface area contributed by atoms with E-state index in [0.717, 1.165) is 6.42 Å². The zero-order chi connectivity index (χ0) is 32.9. The van der Waals surface area contributed by atoms with Crippen molar-refractivity contribution in [3.63, 3.8) is 0 Å². The number of carbonyl (C=O) groups is 4. The van der Waals surface area contributed by atoms with Crippen LogP contribution >= 0.6 is 0 Å². The fourth-order valence-corrected chi connectivity index (χ4v) is 4.96. The lowest BCUT2D eigenvalue weighted by atomic mass is 9.98. The van der Waals surface area contributed by atoms with Crippen LogP contribution in [0.25, 0.3) is 11.1 Å². The number of esters is 1. The molecule has 12 nitrogen and oxygen atoms in total. The molecule has 12 heteroatoms. The highest BCUT2D eigenvalue weighted by molar-refractivity contribution is 5.80. The third-order valence-electron chi connectivity index (χ3n) is 7.18. The topological polar surface area (TPSA) is 188 Å². The SMILES string of the molecule is CCCCC(=O)OC(C)c1cc(CNC(=O)CCC(=O)O)ccc1[N+](=O)[O-].NC(=O)OCC1c2ccccc2-c2ccccc21. The second kappa shape index (κ2) is 16.6. The predicted octanol–water partition coefficient (Wildman–Crippen LogP) is 5.76. The first-order valence-electron chi connectivity index (χ1n) is 14.6. The van der Waals surface area contributed by atoms with E-state index < -0.39 is 35.0 Å². The molecule has 1 atom stereocenters. The molecule has 0 saturated heterocycles. The van der Waals surface area contributed by atoms with E-state index in [2.05, 4.69) is 29.6 Å². The summed E-state index contributed by atoms with van der Waals surface area (Å²) in [6.07, 6.45) is -0.206. The lowest BCUT2D eigenvalue weighted by molar-refractivity contribution is -0.386. The molecule has 0 bridgehead atoms. The van der Waals surface area contributed by atoms with Crippen LogP contribution < -0.4 is 11.1 Å². The van der Waals surface area contributed by atoms with Gasteiger partial charge in [0.15, 0.2) is 0 Å². The molecule has 1 aliphatic rings. The van der Waals surface area contributed by atoms with Crippen molar-refractivity contribution in [3.05, 3.63) is 99.1 Å². The van der Waals surface area contributed by atoms with Gasteiger partial charge in [-0.3, -0.25) is 24.5 Å². The molecule has 0 heterocycles. The molecule has 0 aromatic heterocycles. The normalized spacial score (nSPS) is 12.0. The molecule has 238 valence electrons. The Bertz CT molecular complexity index is 1490. The van der Waals surface area contributed by atoms with Crippen molar-refractivity contribution in [2.24, 2.45) is 5.73 Å². The number of carboxylic acids is 1. The van der Waals surface area contributed by atoms with Crippen molar-refractivity contribution >= 4 is 29.6 Å². The first kappa shape index (κ1) is 34.2. The summed E-state index contributed by atoms with van der Waals surface area (Å²) < 4.78 is 10.3. The van der Waals surface area contributed by atoms with E-state index in [1.165, 1.54) is 40.5 Å². The third kappa shape index (κ3) is 9.88. The highest BCUT2D eigenvalue weighted by Crippen LogP contribution is 2.44. The Balaban J connectivity index is 0.000000263. The summed E-state index contributed by atoms with van der Waals surface area (Å²) in [6.45, 7) is 3.88. The van der Waals surface area contributed by atoms with Crippen LogP contribution in [0, 0.1) is 10.1 Å². The maximum atomic E-state index is 11.8. The Morgan fingerprint density at radius 3 is 2.16 bits per heavy atom. The highest BCUT2D eigenvalue weighted by atomic mass is 16.6. The van der Waals surface area contributed by atoms with Crippen molar-refractivity contribution in [2.45, 2.75) is 64.5 Å². The minimum Gasteiger partial charge on any atom is -0.481 e. The van der Waals surface area contributed by atoms with Gasteiger partial charge in [-0.05, 0) is 47.2 Å². The molecule has 4 N–H and O–H groups in total. The van der Waals surface area contributed by atoms with Crippen LogP contribution in [-0.4, -0.2) is 40.6 Å². The number of hydrogen-bond donors (Lipinski definition) is 3. The summed E-state index contributed by atoms with van der Waals surface area (Å²) in [6, 6.07) is 20.7. The average Bonchev–Trinajstić information content (AvgIpc) is 3.34. The summed E-state index contributed by atoms with van der Waals surface area (Å²) in [7, 11) is 0. The van der Waals surface area contributed by atoms with Crippen LogP contribution in [0.15, 0.2) is 66.7 Å². The van der Waals surface area contributed by atoms with Gasteiger partial charge in [0.25, 0.3) is 5.69 Å². The Kier molecular flexibility index (Phi) is 12.6. The lowest BCUT2D eigenvalue weighted by Crippen LogP contribution is -2.23. The van der Waals surface area contributed by atoms with Gasteiger partial charge < -0.3 is 25.6 Å². The van der Waals surface area contributed by atoms with E-state index in [1.807, 2.05) is 31.2 Å². The number of nitrogens with one attached hydrogen (secondary N) is 1. The van der Waals surface area contributed by atoms with E-state index in [1.54, 1.807) is 6.92 Å². The molecule has 3 aromatic carbocycles. The van der Waals surface area contributed by atoms with Crippen LogP contribution in [0.1, 0.15) is 80.2 Å². The van der Waals surface area contributed by atoms with Crippen LogP contribution in [0.5, 0.6) is 0 Å². The summed E-state index contributed by atoms with van der Waals surface area (Å²) in [5.74, 6) is -1.84. The van der Waals surface area contributed by atoms with Gasteiger partial charge in [-0.1, -0.05) is 67.9 Å². The monoisotopic (exact) mass is 619 g/mol. The molecule has 0 spiro atoms. The molecule has 0 radical (unpaired) electrons. The van der Waals surface area contributed by atoms with Crippen molar-refractivity contribution < 1.29 is 38.7 Å². The van der Waals surface area contributed by atoms with Gasteiger partial charge in [-0.25, -0.2) is 4.79 Å². The van der Waals surface area contributed by atoms with Crippen molar-refractivity contribution in [2.75, 3.05) is 6.61 Å². The molecule has 1 aliphatic carbocycles. The lowest BCUT2D eigenvalue weighted by Gasteiger charge is -2.15. The van der Waals surface area contributed by atoms with Crippen LogP contribution in [-0.2, 0) is 30.4 Å². The number of hydrogen-bond acceptors (Lipinski definition) is 8. The van der Waals surface area contributed by atoms with Gasteiger partial charge in [0, 0.05) is 31.4 Å². The third-order valence-corrected chi connectivity index (χ3v) is 7.18. The van der Waals surface area contributed by atoms with Crippen LogP contribution in [0.3, 0.4) is 0 Å². The second-order valence-corrected chi connectivity index (χ2v) is 10.4. The maximum absolute atomic E-state index is 11.8. The quantitative estimate of drug-likeness (QED) is 0.121. The summed E-state index contributed by atoms with van der Waals surface area (Å²) >= 11 is 0. The number of nitrogens with zero attached hydrogens (tertiary/aromatic N) is 1. The van der Waals surface area contributed by atoms with Crippen molar-refractivity contribution in [1.82, 2.24) is 5.32 Å². The Morgan fingerprint density at radius 1 is 0.978 bits per heavy atom. The van der Waals surface area contributed by atoms with E-state index in [9.17, 15) is 29.3 Å². The van der Waals surface area contributed by atoms with Gasteiger partial charge in [0.2, 0.25) is 5.91 Å². The molecule has 0 fully saturated rings. The standard InChI is InChI=1S/C18H24N2O7.C15H13NO2/c1-3-4-5-18(24)27-12(2)14-10-13(6-7-15(14)20(25)26)11-19-16(21)8-9-17(22)23;16-15(17)18-9-14-12-7-3-1-5-10(12)11-6-2-4-8-13(11)14/h6-7,10,12H,3-5,8-9,11H2,1-2H3,(H,19,21)(H,22,23);1-8,14H,9H2,(H2,16,17). The Labute approximate surface area is 260 Å². The molecule has 4 rings (SSSR count). The zero-order valence-corrected chi connectivity index (χ0v) is 25.2. The number of rotatable bonds is 13. The number of benzene rings is 3. The number of aliphatic carboxylic acids is 1. The molecule has 45 heavy (non-hydrogen) atoms. The van der Waals surface area contributed by atoms with Crippen LogP contribution in [0.4, 0.5) is 10.5 Å². The van der Waals surface area contributed by atoms with Gasteiger partial charge in [0.1, 0.15) is 12.7 Å². The van der Waals surface area contributed by atoms with Gasteiger partial charge in [-0.2, -0.15) is 0 Å². The number of ether oxygens (including phenoxy) is 2. The first-order valence-corrected chi connectivity index (χ1v) is 14.6. The fraction of sp³-hybridized carbons (Fsp3) is 0.333. The number of amides is 2. The van der Waals surface area contributed by atoms with E-state index >= 15 is 0 Å². The Morgan fingerprint density at radius 2 is 1.60 bits per heavy atom. The van der Waals surface area contributed by atoms with Crippen LogP contribution in [0.2, 0.25) is 0 Å². The molecule has 3 aromatic rings. The van der Waals surface area contributed by atoms with E-state index in [-0.39, 0.29) is 43.0 Å². The zero-order valence-electron chi connectivity index (χ0n) is 25.2. The largest absolute Gasteiger partial charge is 0.481 e. The number of primary amides is 1. The Hall–Kier alpha value is -5.26. The average molecular weight is 620 g/mol. The van der Waals surface area contributed by atoms with Crippen molar-refractivity contribution in [3.8, 4) is 11.1 Å². The molecular weight excluding hydrogens is 582 g/mol. The molecule has 0 saturated carbocycles. The van der Waals surface area contributed by atoms with E-state index in [0.29, 0.717) is 18.6 Å². The van der Waals surface area contributed by atoms with E-state index in [4.69, 9.17) is 20.3 Å². The number of unbranched alkanes of at least 4 members (excludes halogenated alkanes) is 1. The predicted molar refractivity (Wildman–Crippen MR) is 165 cm³/mol. The minimum atomic E-state index is -1.07. The smallest absolute Gasteiger partial charge is 0.404 e. The summed E-state index contributed by atoms with van der Waals surface area (Å²) in [5.41, 5.74) is 10.5. The second-order valence-electron chi connectivity index (χ2n) is 10.4. The number of nitrogens with two attached hydrogens (primary N) is 1. The summed E-state index contributed by atoms with van der Waals surface area (Å²) in [5, 5.41) is 22.4. The number of fused-ring (bicyclic) bond motifs is 3.